The van der Waals surface area contributed by atoms with Crippen molar-refractivity contribution in [1.29, 1.82) is 0 Å². The van der Waals surface area contributed by atoms with Crippen molar-refractivity contribution in [1.82, 2.24) is 5.32 Å². The Morgan fingerprint density at radius 2 is 1.75 bits per heavy atom. The lowest BCUT2D eigenvalue weighted by atomic mass is 9.93. The SMILES string of the molecule is NCC(CCNC1CCCC1)c1ccc(-c2cccc(OC(F)(F)F)c2)cc1. The molecule has 3 N–H and O–H groups in total. The van der Waals surface area contributed by atoms with Gasteiger partial charge in [-0.25, -0.2) is 0 Å². The molecule has 3 nitrogen and oxygen atoms in total. The average Bonchev–Trinajstić information content (AvgIpc) is 3.18. The van der Waals surface area contributed by atoms with Gasteiger partial charge in [0, 0.05) is 6.04 Å². The van der Waals surface area contributed by atoms with Crippen LogP contribution in [0, 0.1) is 0 Å². The highest BCUT2D eigenvalue weighted by atomic mass is 19.4. The van der Waals surface area contributed by atoms with Crippen LogP contribution in [0.1, 0.15) is 43.6 Å². The summed E-state index contributed by atoms with van der Waals surface area (Å²) in [5.74, 6) is 0.0507. The predicted molar refractivity (Wildman–Crippen MR) is 105 cm³/mol. The van der Waals surface area contributed by atoms with E-state index in [2.05, 4.69) is 10.1 Å². The molecule has 3 rings (SSSR count). The summed E-state index contributed by atoms with van der Waals surface area (Å²) in [7, 11) is 0. The number of nitrogens with one attached hydrogen (secondary N) is 1. The standard InChI is InChI=1S/C22H27F3N2O/c23-22(24,25)28-21-7-3-4-18(14-21)16-8-10-17(11-9-16)19(15-26)12-13-27-20-5-1-2-6-20/h3-4,7-11,14,19-20,27H,1-2,5-6,12-13,15,26H2. The molecule has 0 radical (unpaired) electrons. The van der Waals surface area contributed by atoms with Crippen LogP contribution in [0.25, 0.3) is 11.1 Å². The van der Waals surface area contributed by atoms with E-state index in [0.29, 0.717) is 18.2 Å². The molecule has 152 valence electrons. The number of hydrogen-bond acceptors (Lipinski definition) is 3. The van der Waals surface area contributed by atoms with E-state index in [9.17, 15) is 13.2 Å². The van der Waals surface area contributed by atoms with E-state index in [4.69, 9.17) is 5.73 Å². The fourth-order valence-electron chi connectivity index (χ4n) is 3.83. The summed E-state index contributed by atoms with van der Waals surface area (Å²) in [5, 5.41) is 3.62. The molecule has 1 fully saturated rings. The van der Waals surface area contributed by atoms with E-state index >= 15 is 0 Å². The third-order valence-corrected chi connectivity index (χ3v) is 5.35. The fourth-order valence-corrected chi connectivity index (χ4v) is 3.83. The Balaban J connectivity index is 1.62. The highest BCUT2D eigenvalue weighted by Crippen LogP contribution is 2.29. The number of nitrogens with two attached hydrogens (primary N) is 1. The van der Waals surface area contributed by atoms with Gasteiger partial charge in [-0.05, 0) is 67.1 Å². The van der Waals surface area contributed by atoms with Crippen molar-refractivity contribution in [2.45, 2.75) is 50.4 Å². The van der Waals surface area contributed by atoms with Gasteiger partial charge in [-0.15, -0.1) is 13.2 Å². The summed E-state index contributed by atoms with van der Waals surface area (Å²) in [6, 6.07) is 14.5. The minimum atomic E-state index is -4.69. The predicted octanol–water partition coefficient (Wildman–Crippen LogP) is 5.22. The van der Waals surface area contributed by atoms with Crippen LogP contribution in [0.5, 0.6) is 5.75 Å². The molecule has 0 spiro atoms. The molecule has 0 bridgehead atoms. The third kappa shape index (κ3) is 5.97. The Hall–Kier alpha value is -2.05. The van der Waals surface area contributed by atoms with Crippen LogP contribution >= 0.6 is 0 Å². The first-order valence-electron chi connectivity index (χ1n) is 9.84. The van der Waals surface area contributed by atoms with Crippen molar-refractivity contribution >= 4 is 0 Å². The van der Waals surface area contributed by atoms with E-state index in [-0.39, 0.29) is 11.7 Å². The second-order valence-electron chi connectivity index (χ2n) is 7.35. The molecule has 2 aromatic carbocycles. The van der Waals surface area contributed by atoms with Crippen LogP contribution in [0.4, 0.5) is 13.2 Å². The molecule has 1 unspecified atom stereocenters. The van der Waals surface area contributed by atoms with Gasteiger partial charge >= 0.3 is 6.36 Å². The number of ether oxygens (including phenoxy) is 1. The van der Waals surface area contributed by atoms with E-state index in [1.54, 1.807) is 12.1 Å². The monoisotopic (exact) mass is 392 g/mol. The summed E-state index contributed by atoms with van der Waals surface area (Å²) < 4.78 is 41.3. The maximum Gasteiger partial charge on any atom is 0.573 e. The van der Waals surface area contributed by atoms with Crippen LogP contribution in [-0.2, 0) is 0 Å². The minimum Gasteiger partial charge on any atom is -0.406 e. The molecule has 2 aromatic rings. The molecule has 1 aliphatic rings. The number of alkyl halides is 3. The largest absolute Gasteiger partial charge is 0.573 e. The fraction of sp³-hybridized carbons (Fsp3) is 0.455. The first-order chi connectivity index (χ1) is 13.4. The van der Waals surface area contributed by atoms with E-state index in [0.717, 1.165) is 24.1 Å². The Bertz CT molecular complexity index is 740. The molecular weight excluding hydrogens is 365 g/mol. The zero-order valence-electron chi connectivity index (χ0n) is 15.8. The molecule has 0 heterocycles. The lowest BCUT2D eigenvalue weighted by molar-refractivity contribution is -0.274. The van der Waals surface area contributed by atoms with Gasteiger partial charge in [-0.2, -0.15) is 0 Å². The Labute approximate surface area is 164 Å². The van der Waals surface area contributed by atoms with Gasteiger partial charge in [0.1, 0.15) is 5.75 Å². The molecule has 0 aliphatic heterocycles. The second-order valence-corrected chi connectivity index (χ2v) is 7.35. The lowest BCUT2D eigenvalue weighted by Gasteiger charge is -2.18. The second kappa shape index (κ2) is 9.43. The zero-order chi connectivity index (χ0) is 20.0. The quantitative estimate of drug-likeness (QED) is 0.648. The van der Waals surface area contributed by atoms with E-state index < -0.39 is 6.36 Å². The van der Waals surface area contributed by atoms with Crippen molar-refractivity contribution in [3.05, 3.63) is 54.1 Å². The van der Waals surface area contributed by atoms with Crippen LogP contribution in [0.3, 0.4) is 0 Å². The number of benzene rings is 2. The highest BCUT2D eigenvalue weighted by Gasteiger charge is 2.31. The highest BCUT2D eigenvalue weighted by molar-refractivity contribution is 5.65. The van der Waals surface area contributed by atoms with Crippen molar-refractivity contribution in [3.63, 3.8) is 0 Å². The lowest BCUT2D eigenvalue weighted by Crippen LogP contribution is -2.29. The smallest absolute Gasteiger partial charge is 0.406 e. The number of rotatable bonds is 8. The first kappa shape index (κ1) is 20.7. The Morgan fingerprint density at radius 3 is 2.39 bits per heavy atom. The van der Waals surface area contributed by atoms with Crippen molar-refractivity contribution in [2.75, 3.05) is 13.1 Å². The topological polar surface area (TPSA) is 47.3 Å². The van der Waals surface area contributed by atoms with Gasteiger partial charge in [0.2, 0.25) is 0 Å². The Kier molecular flexibility index (Phi) is 6.97. The number of hydrogen-bond donors (Lipinski definition) is 2. The molecule has 6 heteroatoms. The van der Waals surface area contributed by atoms with E-state index in [1.165, 1.54) is 37.8 Å². The van der Waals surface area contributed by atoms with Crippen molar-refractivity contribution in [3.8, 4) is 16.9 Å². The van der Waals surface area contributed by atoms with Crippen LogP contribution in [0.2, 0.25) is 0 Å². The average molecular weight is 392 g/mol. The first-order valence-corrected chi connectivity index (χ1v) is 9.84. The van der Waals surface area contributed by atoms with Gasteiger partial charge < -0.3 is 15.8 Å². The van der Waals surface area contributed by atoms with Crippen molar-refractivity contribution < 1.29 is 17.9 Å². The third-order valence-electron chi connectivity index (χ3n) is 5.35. The van der Waals surface area contributed by atoms with Crippen LogP contribution in [0.15, 0.2) is 48.5 Å². The Morgan fingerprint density at radius 1 is 1.04 bits per heavy atom. The molecule has 28 heavy (non-hydrogen) atoms. The number of halogens is 3. The van der Waals surface area contributed by atoms with Gasteiger partial charge in [-0.1, -0.05) is 49.2 Å². The molecule has 0 aromatic heterocycles. The summed E-state index contributed by atoms with van der Waals surface area (Å²) in [4.78, 5) is 0. The summed E-state index contributed by atoms with van der Waals surface area (Å²) in [6.07, 6.45) is 1.44. The van der Waals surface area contributed by atoms with Gasteiger partial charge in [0.15, 0.2) is 0 Å². The molecular formula is C22H27F3N2O. The van der Waals surface area contributed by atoms with Crippen LogP contribution < -0.4 is 15.8 Å². The molecule has 1 atom stereocenters. The maximum atomic E-state index is 12.4. The summed E-state index contributed by atoms with van der Waals surface area (Å²) in [6.45, 7) is 1.52. The van der Waals surface area contributed by atoms with Crippen LogP contribution in [-0.4, -0.2) is 25.5 Å². The van der Waals surface area contributed by atoms with Gasteiger partial charge in [0.25, 0.3) is 0 Å². The maximum absolute atomic E-state index is 12.4. The normalized spacial score (nSPS) is 16.3. The molecule has 0 saturated heterocycles. The molecule has 0 amide bonds. The van der Waals surface area contributed by atoms with E-state index in [1.807, 2.05) is 24.3 Å². The summed E-state index contributed by atoms with van der Waals surface area (Å²) >= 11 is 0. The van der Waals surface area contributed by atoms with Gasteiger partial charge in [-0.3, -0.25) is 0 Å². The minimum absolute atomic E-state index is 0.216. The van der Waals surface area contributed by atoms with Crippen molar-refractivity contribution in [2.24, 2.45) is 5.73 Å². The molecule has 1 saturated carbocycles. The molecule has 1 aliphatic carbocycles. The summed E-state index contributed by atoms with van der Waals surface area (Å²) in [5.41, 5.74) is 8.66. The zero-order valence-corrected chi connectivity index (χ0v) is 15.8. The van der Waals surface area contributed by atoms with Gasteiger partial charge in [0.05, 0.1) is 0 Å².